The lowest BCUT2D eigenvalue weighted by atomic mass is 10.2. The summed E-state index contributed by atoms with van der Waals surface area (Å²) in [4.78, 5) is 17.1. The first-order chi connectivity index (χ1) is 12.3. The van der Waals surface area contributed by atoms with Gasteiger partial charge in [-0.3, -0.25) is 0 Å². The number of cyclic esters (lactones) is 1. The number of thiophene rings is 1. The van der Waals surface area contributed by atoms with Crippen molar-refractivity contribution in [1.82, 2.24) is 0 Å². The number of ether oxygens (including phenoxy) is 3. The fourth-order valence-electron chi connectivity index (χ4n) is 2.70. The predicted octanol–water partition coefficient (Wildman–Crippen LogP) is 3.65. The predicted molar refractivity (Wildman–Crippen MR) is 95.8 cm³/mol. The van der Waals surface area contributed by atoms with Gasteiger partial charge in [0.2, 0.25) is 5.90 Å². The summed E-state index contributed by atoms with van der Waals surface area (Å²) in [6, 6.07) is 11.3. The van der Waals surface area contributed by atoms with E-state index in [2.05, 4.69) is 4.99 Å². The van der Waals surface area contributed by atoms with E-state index in [1.807, 2.05) is 41.8 Å². The summed E-state index contributed by atoms with van der Waals surface area (Å²) in [7, 11) is 0. The number of hydrogen-bond donors (Lipinski definition) is 0. The van der Waals surface area contributed by atoms with Gasteiger partial charge in [-0.05, 0) is 48.1 Å². The molecule has 6 heteroatoms. The Kier molecular flexibility index (Phi) is 4.63. The third-order valence-corrected chi connectivity index (χ3v) is 4.85. The summed E-state index contributed by atoms with van der Waals surface area (Å²) in [5, 5.41) is 1.92. The van der Waals surface area contributed by atoms with Gasteiger partial charge in [-0.15, -0.1) is 11.3 Å². The molecule has 0 saturated carbocycles. The summed E-state index contributed by atoms with van der Waals surface area (Å²) >= 11 is 1.49. The zero-order valence-corrected chi connectivity index (χ0v) is 14.3. The topological polar surface area (TPSA) is 57.1 Å². The van der Waals surface area contributed by atoms with Gasteiger partial charge in [0.05, 0.1) is 11.0 Å². The lowest BCUT2D eigenvalue weighted by Gasteiger charge is -2.11. The average Bonchev–Trinajstić information content (AvgIpc) is 3.37. The Morgan fingerprint density at radius 3 is 2.88 bits per heavy atom. The lowest BCUT2D eigenvalue weighted by Crippen LogP contribution is -2.16. The van der Waals surface area contributed by atoms with Crippen LogP contribution in [0.5, 0.6) is 5.75 Å². The highest BCUT2D eigenvalue weighted by Gasteiger charge is 2.24. The highest BCUT2D eigenvalue weighted by atomic mass is 32.1. The third kappa shape index (κ3) is 3.81. The summed E-state index contributed by atoms with van der Waals surface area (Å²) in [6.07, 6.45) is 4.06. The average molecular weight is 355 g/mol. The van der Waals surface area contributed by atoms with E-state index in [4.69, 9.17) is 14.2 Å². The van der Waals surface area contributed by atoms with E-state index in [0.717, 1.165) is 35.6 Å². The molecule has 0 spiro atoms. The summed E-state index contributed by atoms with van der Waals surface area (Å²) in [6.45, 7) is 1.39. The quantitative estimate of drug-likeness (QED) is 0.607. The highest BCUT2D eigenvalue weighted by molar-refractivity contribution is 7.12. The molecule has 1 saturated heterocycles. The van der Waals surface area contributed by atoms with Crippen LogP contribution in [-0.4, -0.2) is 31.2 Å². The number of carbonyl (C=O) groups excluding carboxylic acids is 1. The van der Waals surface area contributed by atoms with Gasteiger partial charge in [0, 0.05) is 6.61 Å². The van der Waals surface area contributed by atoms with Gasteiger partial charge in [-0.2, -0.15) is 0 Å². The van der Waals surface area contributed by atoms with Crippen LogP contribution in [0.3, 0.4) is 0 Å². The van der Waals surface area contributed by atoms with Gasteiger partial charge >= 0.3 is 5.97 Å². The monoisotopic (exact) mass is 355 g/mol. The molecule has 0 radical (unpaired) electrons. The normalized spacial score (nSPS) is 21.4. The Hall–Kier alpha value is -2.44. The molecule has 1 aromatic heterocycles. The fourth-order valence-corrected chi connectivity index (χ4v) is 3.35. The number of benzene rings is 1. The van der Waals surface area contributed by atoms with Crippen LogP contribution in [0.2, 0.25) is 0 Å². The molecular weight excluding hydrogens is 338 g/mol. The largest absolute Gasteiger partial charge is 0.491 e. The Labute approximate surface area is 149 Å². The van der Waals surface area contributed by atoms with Crippen LogP contribution in [0, 0.1) is 0 Å². The van der Waals surface area contributed by atoms with Gasteiger partial charge < -0.3 is 14.2 Å². The molecule has 1 fully saturated rings. The van der Waals surface area contributed by atoms with Crippen LogP contribution >= 0.6 is 11.3 Å². The minimum atomic E-state index is -0.429. The molecule has 1 atom stereocenters. The zero-order chi connectivity index (χ0) is 17.1. The van der Waals surface area contributed by atoms with E-state index in [1.54, 1.807) is 6.08 Å². The lowest BCUT2D eigenvalue weighted by molar-refractivity contribution is -0.129. The molecule has 0 amide bonds. The van der Waals surface area contributed by atoms with E-state index in [-0.39, 0.29) is 6.10 Å². The van der Waals surface area contributed by atoms with E-state index in [1.165, 1.54) is 11.3 Å². The van der Waals surface area contributed by atoms with E-state index >= 15 is 0 Å². The number of rotatable bonds is 5. The second kappa shape index (κ2) is 7.21. The zero-order valence-electron chi connectivity index (χ0n) is 13.5. The second-order valence-corrected chi connectivity index (χ2v) is 6.78. The molecule has 1 unspecified atom stereocenters. The minimum absolute atomic E-state index is 0.195. The second-order valence-electron chi connectivity index (χ2n) is 5.83. The maximum atomic E-state index is 12.0. The Morgan fingerprint density at radius 1 is 1.28 bits per heavy atom. The van der Waals surface area contributed by atoms with E-state index in [9.17, 15) is 4.79 Å². The van der Waals surface area contributed by atoms with Crippen LogP contribution in [0.15, 0.2) is 52.5 Å². The maximum absolute atomic E-state index is 12.0. The first kappa shape index (κ1) is 16.1. The molecule has 4 rings (SSSR count). The van der Waals surface area contributed by atoms with E-state index < -0.39 is 5.97 Å². The Morgan fingerprint density at radius 2 is 2.16 bits per heavy atom. The molecule has 2 aromatic rings. The molecule has 2 aliphatic heterocycles. The Bertz CT molecular complexity index is 802. The number of nitrogens with zero attached hydrogens (tertiary/aromatic N) is 1. The van der Waals surface area contributed by atoms with Gasteiger partial charge in [0.1, 0.15) is 12.4 Å². The van der Waals surface area contributed by atoms with Gasteiger partial charge in [-0.25, -0.2) is 9.79 Å². The van der Waals surface area contributed by atoms with Crippen LogP contribution in [0.25, 0.3) is 6.08 Å². The van der Waals surface area contributed by atoms with Crippen molar-refractivity contribution in [1.29, 1.82) is 0 Å². The highest BCUT2D eigenvalue weighted by Crippen LogP contribution is 2.23. The molecule has 128 valence electrons. The van der Waals surface area contributed by atoms with Crippen molar-refractivity contribution in [2.75, 3.05) is 13.2 Å². The van der Waals surface area contributed by atoms with E-state index in [0.29, 0.717) is 18.2 Å². The van der Waals surface area contributed by atoms with Crippen LogP contribution in [-0.2, 0) is 14.3 Å². The SMILES string of the molecule is O=C1OC(c2cccs2)=N/C1=C\c1ccc(OCC2CCCO2)cc1. The molecule has 0 N–H and O–H groups in total. The molecular formula is C19H17NO4S. The maximum Gasteiger partial charge on any atom is 0.363 e. The molecule has 5 nitrogen and oxygen atoms in total. The number of esters is 1. The van der Waals surface area contributed by atoms with Crippen molar-refractivity contribution >= 4 is 29.3 Å². The molecule has 0 bridgehead atoms. The van der Waals surface area contributed by atoms with Gasteiger partial charge in [-0.1, -0.05) is 18.2 Å². The molecule has 25 heavy (non-hydrogen) atoms. The van der Waals surface area contributed by atoms with Crippen molar-refractivity contribution in [3.05, 3.63) is 57.9 Å². The first-order valence-corrected chi connectivity index (χ1v) is 9.07. The third-order valence-electron chi connectivity index (χ3n) is 4.00. The standard InChI is InChI=1S/C19H17NO4S/c21-19-16(20-18(24-19)17-4-2-10-25-17)11-13-5-7-14(8-6-13)23-12-15-3-1-9-22-15/h2,4-8,10-11,15H,1,3,9,12H2/b16-11-. The smallest absolute Gasteiger partial charge is 0.363 e. The van der Waals surface area contributed by atoms with Crippen LogP contribution < -0.4 is 4.74 Å². The first-order valence-electron chi connectivity index (χ1n) is 8.19. The fraction of sp³-hybridized carbons (Fsp3) is 0.263. The van der Waals surface area contributed by atoms with Crippen molar-refractivity contribution in [2.24, 2.45) is 4.99 Å². The summed E-state index contributed by atoms with van der Waals surface area (Å²) in [5.74, 6) is 0.722. The number of hydrogen-bond acceptors (Lipinski definition) is 6. The van der Waals surface area contributed by atoms with Crippen molar-refractivity contribution < 1.29 is 19.0 Å². The van der Waals surface area contributed by atoms with Crippen LogP contribution in [0.1, 0.15) is 23.3 Å². The van der Waals surface area contributed by atoms with Gasteiger partial charge in [0.15, 0.2) is 5.70 Å². The molecule has 1 aromatic carbocycles. The number of aliphatic imine (C=N–C) groups is 1. The molecule has 3 heterocycles. The van der Waals surface area contributed by atoms with Crippen LogP contribution in [0.4, 0.5) is 0 Å². The summed E-state index contributed by atoms with van der Waals surface area (Å²) < 4.78 is 16.5. The minimum Gasteiger partial charge on any atom is -0.491 e. The van der Waals surface area contributed by atoms with Crippen molar-refractivity contribution in [3.63, 3.8) is 0 Å². The summed E-state index contributed by atoms with van der Waals surface area (Å²) in [5.41, 5.74) is 1.17. The van der Waals surface area contributed by atoms with Crippen molar-refractivity contribution in [2.45, 2.75) is 18.9 Å². The number of carbonyl (C=O) groups is 1. The van der Waals surface area contributed by atoms with Crippen molar-refractivity contribution in [3.8, 4) is 5.75 Å². The molecule has 2 aliphatic rings. The van der Waals surface area contributed by atoms with Gasteiger partial charge in [0.25, 0.3) is 0 Å². The Balaban J connectivity index is 1.43. The molecule has 0 aliphatic carbocycles.